The van der Waals surface area contributed by atoms with Crippen molar-refractivity contribution in [2.75, 3.05) is 18.0 Å². The minimum absolute atomic E-state index is 0.615. The first-order valence-corrected chi connectivity index (χ1v) is 6.88. The molecule has 0 spiro atoms. The number of nitrogens with zero attached hydrogens (tertiary/aromatic N) is 3. The molecular formula is C13H20ClN3. The number of halogens is 1. The molecule has 94 valence electrons. The van der Waals surface area contributed by atoms with Crippen LogP contribution in [0.25, 0.3) is 0 Å². The molecule has 1 saturated heterocycles. The first-order chi connectivity index (χ1) is 8.22. The quantitative estimate of drug-likeness (QED) is 0.774. The Morgan fingerprint density at radius 1 is 1.18 bits per heavy atom. The van der Waals surface area contributed by atoms with E-state index >= 15 is 0 Å². The Hall–Kier alpha value is -0.830. The van der Waals surface area contributed by atoms with E-state index in [0.29, 0.717) is 5.15 Å². The maximum atomic E-state index is 6.20. The minimum atomic E-state index is 0.615. The van der Waals surface area contributed by atoms with Gasteiger partial charge in [0.1, 0.15) is 16.8 Å². The zero-order valence-electron chi connectivity index (χ0n) is 10.7. The lowest BCUT2D eigenvalue weighted by atomic mass is 10.1. The van der Waals surface area contributed by atoms with Crippen LogP contribution in [0, 0.1) is 6.92 Å². The molecule has 1 fully saturated rings. The fourth-order valence-electron chi connectivity index (χ4n) is 2.27. The number of anilines is 1. The van der Waals surface area contributed by atoms with Crippen LogP contribution in [0.1, 0.15) is 44.0 Å². The lowest BCUT2D eigenvalue weighted by Crippen LogP contribution is -2.31. The number of rotatable bonds is 3. The fourth-order valence-corrected chi connectivity index (χ4v) is 2.45. The van der Waals surface area contributed by atoms with Crippen molar-refractivity contribution < 1.29 is 0 Å². The molecule has 1 aliphatic rings. The zero-order valence-corrected chi connectivity index (χ0v) is 11.4. The summed E-state index contributed by atoms with van der Waals surface area (Å²) in [6, 6.07) is 0. The third-order valence-corrected chi connectivity index (χ3v) is 3.60. The Morgan fingerprint density at radius 2 is 1.88 bits per heavy atom. The molecular weight excluding hydrogens is 234 g/mol. The van der Waals surface area contributed by atoms with Crippen LogP contribution in [-0.2, 0) is 6.42 Å². The van der Waals surface area contributed by atoms with E-state index in [-0.39, 0.29) is 0 Å². The maximum absolute atomic E-state index is 6.20. The van der Waals surface area contributed by atoms with Gasteiger partial charge in [-0.25, -0.2) is 9.97 Å². The van der Waals surface area contributed by atoms with E-state index in [4.69, 9.17) is 11.6 Å². The Labute approximate surface area is 108 Å². The first-order valence-electron chi connectivity index (χ1n) is 6.50. The van der Waals surface area contributed by atoms with Crippen LogP contribution in [0.4, 0.5) is 5.82 Å². The molecule has 3 nitrogen and oxygen atoms in total. The third-order valence-electron chi connectivity index (χ3n) is 3.24. The second-order valence-corrected chi connectivity index (χ2v) is 5.03. The number of piperidine rings is 1. The van der Waals surface area contributed by atoms with Crippen molar-refractivity contribution in [3.8, 4) is 0 Å². The molecule has 0 unspecified atom stereocenters. The average molecular weight is 254 g/mol. The average Bonchev–Trinajstić information content (AvgIpc) is 2.35. The van der Waals surface area contributed by atoms with Crippen LogP contribution in [0.5, 0.6) is 0 Å². The van der Waals surface area contributed by atoms with Crippen LogP contribution >= 0.6 is 11.6 Å². The largest absolute Gasteiger partial charge is 0.356 e. The minimum Gasteiger partial charge on any atom is -0.356 e. The molecule has 1 aliphatic heterocycles. The molecule has 0 atom stereocenters. The Balaban J connectivity index is 2.29. The number of aromatic nitrogens is 2. The molecule has 0 bridgehead atoms. The van der Waals surface area contributed by atoms with E-state index in [9.17, 15) is 0 Å². The molecule has 1 aromatic heterocycles. The third kappa shape index (κ3) is 2.89. The molecule has 0 N–H and O–H groups in total. The van der Waals surface area contributed by atoms with Gasteiger partial charge in [0.2, 0.25) is 0 Å². The maximum Gasteiger partial charge on any atom is 0.137 e. The van der Waals surface area contributed by atoms with E-state index in [0.717, 1.165) is 43.1 Å². The predicted octanol–water partition coefficient (Wildman–Crippen LogP) is 3.38. The van der Waals surface area contributed by atoms with Gasteiger partial charge in [-0.1, -0.05) is 18.5 Å². The van der Waals surface area contributed by atoms with E-state index < -0.39 is 0 Å². The second kappa shape index (κ2) is 5.67. The highest BCUT2D eigenvalue weighted by Crippen LogP contribution is 2.26. The SMILES string of the molecule is CCCc1nc(Cl)c(C)c(N2CCCCC2)n1. The van der Waals surface area contributed by atoms with Gasteiger partial charge in [-0.15, -0.1) is 0 Å². The molecule has 4 heteroatoms. The van der Waals surface area contributed by atoms with Crippen molar-refractivity contribution in [2.45, 2.75) is 46.0 Å². The van der Waals surface area contributed by atoms with Crippen LogP contribution in [0.2, 0.25) is 5.15 Å². The summed E-state index contributed by atoms with van der Waals surface area (Å²) in [5.41, 5.74) is 1.02. The number of hydrogen-bond donors (Lipinski definition) is 0. The lowest BCUT2D eigenvalue weighted by molar-refractivity contribution is 0.570. The summed E-state index contributed by atoms with van der Waals surface area (Å²) < 4.78 is 0. The van der Waals surface area contributed by atoms with Crippen molar-refractivity contribution in [3.05, 3.63) is 16.5 Å². The Morgan fingerprint density at radius 3 is 2.53 bits per heavy atom. The fraction of sp³-hybridized carbons (Fsp3) is 0.692. The smallest absolute Gasteiger partial charge is 0.137 e. The van der Waals surface area contributed by atoms with Gasteiger partial charge in [0.05, 0.1) is 0 Å². The highest BCUT2D eigenvalue weighted by molar-refractivity contribution is 6.30. The molecule has 2 rings (SSSR count). The molecule has 0 aromatic carbocycles. The molecule has 2 heterocycles. The van der Waals surface area contributed by atoms with Crippen molar-refractivity contribution >= 4 is 17.4 Å². The zero-order chi connectivity index (χ0) is 12.3. The summed E-state index contributed by atoms with van der Waals surface area (Å²) in [4.78, 5) is 11.4. The van der Waals surface area contributed by atoms with Gasteiger partial charge in [-0.2, -0.15) is 0 Å². The molecule has 0 saturated carbocycles. The van der Waals surface area contributed by atoms with Crippen LogP contribution in [0.15, 0.2) is 0 Å². The van der Waals surface area contributed by atoms with Crippen LogP contribution in [0.3, 0.4) is 0 Å². The first kappa shape index (κ1) is 12.6. The van der Waals surface area contributed by atoms with Gasteiger partial charge in [0.15, 0.2) is 0 Å². The van der Waals surface area contributed by atoms with E-state index in [1.54, 1.807) is 0 Å². The number of hydrogen-bond acceptors (Lipinski definition) is 3. The summed E-state index contributed by atoms with van der Waals surface area (Å²) in [5, 5.41) is 0.615. The highest BCUT2D eigenvalue weighted by atomic mass is 35.5. The van der Waals surface area contributed by atoms with E-state index in [1.807, 2.05) is 6.92 Å². The van der Waals surface area contributed by atoms with Crippen LogP contribution < -0.4 is 4.90 Å². The second-order valence-electron chi connectivity index (χ2n) is 4.68. The Kier molecular flexibility index (Phi) is 4.21. The summed E-state index contributed by atoms with van der Waals surface area (Å²) in [7, 11) is 0. The van der Waals surface area contributed by atoms with Gasteiger partial charge in [-0.05, 0) is 32.6 Å². The Bertz CT molecular complexity index is 386. The molecule has 0 amide bonds. The van der Waals surface area contributed by atoms with Crippen molar-refractivity contribution in [1.82, 2.24) is 9.97 Å². The summed E-state index contributed by atoms with van der Waals surface area (Å²) in [5.74, 6) is 1.93. The standard InChI is InChI=1S/C13H20ClN3/c1-3-7-11-15-12(14)10(2)13(16-11)17-8-5-4-6-9-17/h3-9H2,1-2H3. The monoisotopic (exact) mass is 253 g/mol. The van der Waals surface area contributed by atoms with E-state index in [2.05, 4.69) is 21.8 Å². The summed E-state index contributed by atoms with van der Waals surface area (Å²) in [6.07, 6.45) is 5.80. The van der Waals surface area contributed by atoms with Crippen LogP contribution in [-0.4, -0.2) is 23.1 Å². The van der Waals surface area contributed by atoms with Gasteiger partial charge >= 0.3 is 0 Å². The van der Waals surface area contributed by atoms with Gasteiger partial charge in [-0.3, -0.25) is 0 Å². The predicted molar refractivity (Wildman–Crippen MR) is 71.8 cm³/mol. The summed E-state index contributed by atoms with van der Waals surface area (Å²) in [6.45, 7) is 6.35. The van der Waals surface area contributed by atoms with Crippen molar-refractivity contribution in [3.63, 3.8) is 0 Å². The molecule has 0 radical (unpaired) electrons. The summed E-state index contributed by atoms with van der Waals surface area (Å²) >= 11 is 6.20. The van der Waals surface area contributed by atoms with Crippen molar-refractivity contribution in [2.24, 2.45) is 0 Å². The van der Waals surface area contributed by atoms with Crippen molar-refractivity contribution in [1.29, 1.82) is 0 Å². The topological polar surface area (TPSA) is 29.0 Å². The van der Waals surface area contributed by atoms with E-state index in [1.165, 1.54) is 19.3 Å². The van der Waals surface area contributed by atoms with Gasteiger partial charge in [0.25, 0.3) is 0 Å². The molecule has 1 aromatic rings. The normalized spacial score (nSPS) is 16.3. The molecule has 0 aliphatic carbocycles. The van der Waals surface area contributed by atoms with Gasteiger partial charge in [0, 0.05) is 25.1 Å². The number of aryl methyl sites for hydroxylation is 1. The highest BCUT2D eigenvalue weighted by Gasteiger charge is 2.17. The van der Waals surface area contributed by atoms with Gasteiger partial charge < -0.3 is 4.90 Å². The lowest BCUT2D eigenvalue weighted by Gasteiger charge is -2.29. The molecule has 17 heavy (non-hydrogen) atoms.